The highest BCUT2D eigenvalue weighted by Crippen LogP contribution is 2.14. The van der Waals surface area contributed by atoms with Crippen LogP contribution in [0.3, 0.4) is 0 Å². The van der Waals surface area contributed by atoms with E-state index in [1.165, 1.54) is 6.92 Å². The predicted octanol–water partition coefficient (Wildman–Crippen LogP) is 2.46. The molecule has 4 amide bonds. The van der Waals surface area contributed by atoms with Crippen LogP contribution in [0.2, 0.25) is 0 Å². The van der Waals surface area contributed by atoms with Gasteiger partial charge in [0.2, 0.25) is 11.8 Å². The Morgan fingerprint density at radius 1 is 0.606 bits per heavy atom. The Balaban J connectivity index is 2.23. The first-order valence-electron chi connectivity index (χ1n) is 21.3. The highest BCUT2D eigenvalue weighted by Gasteiger charge is 2.22. The van der Waals surface area contributed by atoms with Crippen molar-refractivity contribution in [3.63, 3.8) is 0 Å². The van der Waals surface area contributed by atoms with Gasteiger partial charge >= 0.3 is 0 Å². The third kappa shape index (κ3) is 31.3. The number of carbonyl (C=O) groups is 7. The summed E-state index contributed by atoms with van der Waals surface area (Å²) >= 11 is 0. The number of hydrogen-bond donors (Lipinski definition) is 5. The zero-order valence-corrected chi connectivity index (χ0v) is 38.0. The van der Waals surface area contributed by atoms with Crippen LogP contribution in [-0.2, 0) is 44.8 Å². The molecule has 0 bridgehead atoms. The molecule has 1 unspecified atom stereocenters. The van der Waals surface area contributed by atoms with Crippen molar-refractivity contribution in [1.82, 2.24) is 21.3 Å². The Morgan fingerprint density at radius 3 is 1.65 bits per heavy atom. The molecule has 1 atom stereocenters. The summed E-state index contributed by atoms with van der Waals surface area (Å²) in [6.45, 7) is 7.41. The van der Waals surface area contributed by atoms with Gasteiger partial charge in [0, 0.05) is 76.6 Å². The van der Waals surface area contributed by atoms with Gasteiger partial charge in [-0.05, 0) is 153 Å². The molecule has 0 aliphatic carbocycles. The number of rotatable bonds is 28. The van der Waals surface area contributed by atoms with E-state index in [2.05, 4.69) is 116 Å². The van der Waals surface area contributed by atoms with Crippen molar-refractivity contribution in [3.8, 4) is 94.7 Å². The normalized spacial score (nSPS) is 9.83. The van der Waals surface area contributed by atoms with E-state index in [9.17, 15) is 33.6 Å². The topological polar surface area (TPSA) is 206 Å². The molecule has 0 saturated carbocycles. The van der Waals surface area contributed by atoms with Crippen LogP contribution in [0.1, 0.15) is 114 Å². The lowest BCUT2D eigenvalue weighted by Gasteiger charge is -2.26. The van der Waals surface area contributed by atoms with Crippen molar-refractivity contribution in [3.05, 3.63) is 35.4 Å². The minimum Gasteiger partial charge on any atom is -0.392 e. The van der Waals surface area contributed by atoms with E-state index in [1.54, 1.807) is 45.0 Å². The molecule has 0 aromatic heterocycles. The molecule has 0 saturated heterocycles. The summed E-state index contributed by atoms with van der Waals surface area (Å²) < 4.78 is 11.6. The van der Waals surface area contributed by atoms with Gasteiger partial charge in [-0.3, -0.25) is 33.6 Å². The molecule has 14 heteroatoms. The van der Waals surface area contributed by atoms with Gasteiger partial charge in [0.05, 0.1) is 19.8 Å². The summed E-state index contributed by atoms with van der Waals surface area (Å²) in [6, 6.07) is 5.74. The molecular weight excluding hydrogens is 841 g/mol. The molecule has 0 aliphatic heterocycles. The monoisotopic (exact) mass is 896 g/mol. The largest absolute Gasteiger partial charge is 0.392 e. The molecule has 14 nitrogen and oxygen atoms in total. The first-order valence-corrected chi connectivity index (χ1v) is 21.3. The van der Waals surface area contributed by atoms with Crippen molar-refractivity contribution < 1.29 is 48.1 Å². The Labute approximate surface area is 389 Å². The van der Waals surface area contributed by atoms with Crippen LogP contribution in [0, 0.1) is 94.7 Å². The average Bonchev–Trinajstić information content (AvgIpc) is 3.29. The second kappa shape index (κ2) is 35.9. The molecule has 344 valence electrons. The van der Waals surface area contributed by atoms with E-state index < -0.39 is 23.6 Å². The van der Waals surface area contributed by atoms with Gasteiger partial charge < -0.3 is 35.8 Å². The molecule has 0 radical (unpaired) electrons. The van der Waals surface area contributed by atoms with Crippen molar-refractivity contribution in [1.29, 1.82) is 0 Å². The summed E-state index contributed by atoms with van der Waals surface area (Å²) in [6.07, 6.45) is 3.51. The number of hydrogen-bond acceptors (Lipinski definition) is 10. The molecule has 66 heavy (non-hydrogen) atoms. The van der Waals surface area contributed by atoms with E-state index in [-0.39, 0.29) is 94.1 Å². The van der Waals surface area contributed by atoms with Crippen molar-refractivity contribution in [2.45, 2.75) is 117 Å². The molecule has 1 aromatic carbocycles. The highest BCUT2D eigenvalue weighted by molar-refractivity contribution is 5.95. The first-order chi connectivity index (χ1) is 31.8. The average molecular weight is 897 g/mol. The van der Waals surface area contributed by atoms with E-state index in [4.69, 9.17) is 14.6 Å². The van der Waals surface area contributed by atoms with Crippen LogP contribution < -0.4 is 21.3 Å². The SMILES string of the molecule is CC#CC#CC#CC#CC#CC#CC#CC#CC(=O)NCC(NC(C)=O)C(=O)CCCOC(C)(C)OCCCC(=O)CCC(=O)CCC(=O)NCCCCCNC(=O)c1ccc(CO)cc1. The smallest absolute Gasteiger partial charge is 0.296 e. The van der Waals surface area contributed by atoms with E-state index in [1.807, 2.05) is 0 Å². The molecule has 0 fully saturated rings. The molecule has 0 aliphatic rings. The molecule has 1 aromatic rings. The number of nitrogens with one attached hydrogen (secondary N) is 4. The maximum absolute atomic E-state index is 12.8. The number of aliphatic hydroxyl groups is 1. The highest BCUT2D eigenvalue weighted by atomic mass is 16.7. The fraction of sp³-hybridized carbons (Fsp3) is 0.442. The second-order valence-electron chi connectivity index (χ2n) is 14.5. The number of ketones is 3. The fourth-order valence-corrected chi connectivity index (χ4v) is 5.21. The zero-order valence-electron chi connectivity index (χ0n) is 38.0. The van der Waals surface area contributed by atoms with Crippen LogP contribution in [0.4, 0.5) is 0 Å². The summed E-state index contributed by atoms with van der Waals surface area (Å²) in [7, 11) is 0. The fourth-order valence-electron chi connectivity index (χ4n) is 5.21. The van der Waals surface area contributed by atoms with E-state index in [0.717, 1.165) is 24.8 Å². The van der Waals surface area contributed by atoms with E-state index >= 15 is 0 Å². The van der Waals surface area contributed by atoms with E-state index in [0.29, 0.717) is 31.5 Å². The van der Waals surface area contributed by atoms with Gasteiger partial charge in [-0.25, -0.2) is 0 Å². The predicted molar refractivity (Wildman–Crippen MR) is 248 cm³/mol. The molecule has 0 heterocycles. The Kier molecular flexibility index (Phi) is 30.7. The maximum Gasteiger partial charge on any atom is 0.296 e. The number of ether oxygens (including phenoxy) is 2. The Hall–Kier alpha value is -7.53. The van der Waals surface area contributed by atoms with Gasteiger partial charge in [-0.1, -0.05) is 18.1 Å². The van der Waals surface area contributed by atoms with Crippen LogP contribution >= 0.6 is 0 Å². The third-order valence-corrected chi connectivity index (χ3v) is 8.59. The van der Waals surface area contributed by atoms with Crippen LogP contribution in [0.5, 0.6) is 0 Å². The molecule has 1 rings (SSSR count). The van der Waals surface area contributed by atoms with Crippen molar-refractivity contribution >= 4 is 41.0 Å². The maximum atomic E-state index is 12.8. The Morgan fingerprint density at radius 2 is 1.11 bits per heavy atom. The number of benzene rings is 1. The summed E-state index contributed by atoms with van der Waals surface area (Å²) in [5, 5.41) is 19.7. The second-order valence-corrected chi connectivity index (χ2v) is 14.5. The minimum atomic E-state index is -1.01. The third-order valence-electron chi connectivity index (χ3n) is 8.59. The van der Waals surface area contributed by atoms with Gasteiger partial charge in [-0.2, -0.15) is 0 Å². The lowest BCUT2D eigenvalue weighted by molar-refractivity contribution is -0.214. The number of amides is 4. The van der Waals surface area contributed by atoms with Crippen molar-refractivity contribution in [2.24, 2.45) is 0 Å². The van der Waals surface area contributed by atoms with Gasteiger partial charge in [0.25, 0.3) is 11.8 Å². The number of carbonyl (C=O) groups excluding carboxylic acids is 7. The lowest BCUT2D eigenvalue weighted by Crippen LogP contribution is -2.47. The Bertz CT molecular complexity index is 2360. The molecule has 0 spiro atoms. The van der Waals surface area contributed by atoms with Crippen LogP contribution in [0.25, 0.3) is 0 Å². The first kappa shape index (κ1) is 56.5. The zero-order chi connectivity index (χ0) is 48.7. The summed E-state index contributed by atoms with van der Waals surface area (Å²) in [5.41, 5.74) is 1.26. The number of unbranched alkanes of at least 4 members (excludes halogenated alkanes) is 2. The minimum absolute atomic E-state index is 0.0460. The quantitative estimate of drug-likeness (QED) is 0.0472. The standard InChI is InChI=1S/C52H56N4O10/c1-5-6-7-8-9-10-11-12-13-14-15-16-17-18-20-27-49(62)55-40-47(56-42(2)58)48(61)26-24-39-66-52(3,4)65-38-23-25-45(59)32-33-46(60)34-35-50(63)53-36-21-19-22-37-54-51(64)44-30-28-43(41-57)29-31-44/h28-31,47,57H,19,21-26,32-41H2,1-4H3,(H,53,63)(H,54,64)(H,55,62)(H,56,58). The van der Waals surface area contributed by atoms with Crippen LogP contribution in [-0.4, -0.2) is 90.8 Å². The summed E-state index contributed by atoms with van der Waals surface area (Å²) in [4.78, 5) is 85.7. The molecular formula is C52H56N4O10. The summed E-state index contributed by atoms with van der Waals surface area (Å²) in [5.74, 6) is 36.2. The van der Waals surface area contributed by atoms with Crippen molar-refractivity contribution in [2.75, 3.05) is 32.8 Å². The van der Waals surface area contributed by atoms with Gasteiger partial charge in [0.1, 0.15) is 17.6 Å². The number of aliphatic hydroxyl groups excluding tert-OH is 1. The number of Topliss-reactive ketones (excluding diaryl/α,β-unsaturated/α-hetero) is 3. The van der Waals surface area contributed by atoms with Crippen LogP contribution in [0.15, 0.2) is 24.3 Å². The lowest BCUT2D eigenvalue weighted by atomic mass is 10.1. The van der Waals surface area contributed by atoms with Gasteiger partial charge in [0.15, 0.2) is 11.6 Å². The molecule has 5 N–H and O–H groups in total. The van der Waals surface area contributed by atoms with Gasteiger partial charge in [-0.15, -0.1) is 0 Å².